The van der Waals surface area contributed by atoms with Crippen molar-refractivity contribution in [1.82, 2.24) is 15.0 Å². The summed E-state index contributed by atoms with van der Waals surface area (Å²) < 4.78 is 9.96. The average Bonchev–Trinajstić information content (AvgIpc) is 2.80. The molecule has 166 valence electrons. The highest BCUT2D eigenvalue weighted by Gasteiger charge is 1.92. The topological polar surface area (TPSA) is 57.1 Å². The van der Waals surface area contributed by atoms with Gasteiger partial charge in [-0.05, 0) is 68.1 Å². The van der Waals surface area contributed by atoms with Gasteiger partial charge in [-0.15, -0.1) is 0 Å². The van der Waals surface area contributed by atoms with Gasteiger partial charge in [-0.3, -0.25) is 15.0 Å². The van der Waals surface area contributed by atoms with E-state index < -0.39 is 0 Å². The number of aryl methyl sites for hydroxylation is 4. The highest BCUT2D eigenvalue weighted by atomic mass is 16.5. The van der Waals surface area contributed by atoms with Crippen molar-refractivity contribution in [3.63, 3.8) is 0 Å². The molecule has 5 heteroatoms. The van der Waals surface area contributed by atoms with Crippen molar-refractivity contribution in [2.75, 3.05) is 14.2 Å². The van der Waals surface area contributed by atoms with E-state index in [-0.39, 0.29) is 0 Å². The van der Waals surface area contributed by atoms with Crippen molar-refractivity contribution >= 4 is 0 Å². The van der Waals surface area contributed by atoms with Gasteiger partial charge >= 0.3 is 0 Å². The molecule has 3 heterocycles. The lowest BCUT2D eigenvalue weighted by Gasteiger charge is -1.99. The molecule has 0 bridgehead atoms. The molecule has 0 fully saturated rings. The molecule has 0 aromatic carbocycles. The van der Waals surface area contributed by atoms with E-state index in [1.54, 1.807) is 39.0 Å². The van der Waals surface area contributed by atoms with Crippen LogP contribution in [0.3, 0.4) is 0 Å². The largest absolute Gasteiger partial charge is 0.495 e. The van der Waals surface area contributed by atoms with Crippen LogP contribution in [0.4, 0.5) is 0 Å². The van der Waals surface area contributed by atoms with Crippen molar-refractivity contribution < 1.29 is 9.47 Å². The molecular formula is C25H39N3O2. The number of pyridine rings is 3. The summed E-state index contributed by atoms with van der Waals surface area (Å²) in [5.41, 5.74) is 4.80. The molecule has 0 N–H and O–H groups in total. The first-order valence-corrected chi connectivity index (χ1v) is 10.3. The van der Waals surface area contributed by atoms with Crippen molar-refractivity contribution in [2.24, 2.45) is 0 Å². The molecule has 0 unspecified atom stereocenters. The summed E-state index contributed by atoms with van der Waals surface area (Å²) in [5.74, 6) is 1.69. The second-order valence-electron chi connectivity index (χ2n) is 5.65. The molecule has 5 nitrogen and oxygen atoms in total. The molecule has 3 rings (SSSR count). The van der Waals surface area contributed by atoms with Crippen LogP contribution in [-0.4, -0.2) is 29.2 Å². The van der Waals surface area contributed by atoms with Crippen molar-refractivity contribution in [3.8, 4) is 11.5 Å². The zero-order valence-corrected chi connectivity index (χ0v) is 20.4. The Kier molecular flexibility index (Phi) is 18.9. The van der Waals surface area contributed by atoms with Crippen LogP contribution >= 0.6 is 0 Å². The Bertz CT molecular complexity index is 726. The Hall–Kier alpha value is -2.95. The summed E-state index contributed by atoms with van der Waals surface area (Å²) in [7, 11) is 3.29. The maximum absolute atomic E-state index is 4.98. The Labute approximate surface area is 183 Å². The normalized spacial score (nSPS) is 8.33. The third-order valence-corrected chi connectivity index (χ3v) is 3.72. The fourth-order valence-electron chi connectivity index (χ4n) is 1.87. The summed E-state index contributed by atoms with van der Waals surface area (Å²) in [6, 6.07) is 5.84. The van der Waals surface area contributed by atoms with Gasteiger partial charge < -0.3 is 9.47 Å². The minimum Gasteiger partial charge on any atom is -0.495 e. The average molecular weight is 414 g/mol. The molecule has 0 atom stereocenters. The van der Waals surface area contributed by atoms with Gasteiger partial charge in [0.05, 0.1) is 26.6 Å². The molecule has 0 aliphatic heterocycles. The molecule has 0 aliphatic carbocycles. The standard InChI is InChI=1S/2C7H9NO.C7H9N.2C2H6/c2*1-6-3-4-8-5-7(6)9-2;1-6-3-4-8-5-7(6)2;2*1-2/h2*3-5H,1-2H3;3-5H,1-2H3;2*1-2H3. The third-order valence-electron chi connectivity index (χ3n) is 3.72. The lowest BCUT2D eigenvalue weighted by molar-refractivity contribution is 0.409. The van der Waals surface area contributed by atoms with Gasteiger partial charge in [0.15, 0.2) is 0 Å². The number of hydrogen-bond donors (Lipinski definition) is 0. The minimum atomic E-state index is 0.845. The maximum atomic E-state index is 4.98. The van der Waals surface area contributed by atoms with Crippen molar-refractivity contribution in [3.05, 3.63) is 77.6 Å². The predicted molar refractivity (Wildman–Crippen MR) is 127 cm³/mol. The van der Waals surface area contributed by atoms with E-state index in [0.29, 0.717) is 0 Å². The van der Waals surface area contributed by atoms with E-state index in [1.807, 2.05) is 72.1 Å². The summed E-state index contributed by atoms with van der Waals surface area (Å²) in [5, 5.41) is 0. The van der Waals surface area contributed by atoms with Crippen LogP contribution in [0.15, 0.2) is 55.4 Å². The zero-order valence-electron chi connectivity index (χ0n) is 20.4. The summed E-state index contributed by atoms with van der Waals surface area (Å²) >= 11 is 0. The van der Waals surface area contributed by atoms with Gasteiger partial charge in [0.1, 0.15) is 11.5 Å². The molecule has 0 aliphatic rings. The SMILES string of the molecule is CC.CC.COc1cnccc1C.COc1cnccc1C.Cc1ccncc1C. The van der Waals surface area contributed by atoms with E-state index in [9.17, 15) is 0 Å². The fourth-order valence-corrected chi connectivity index (χ4v) is 1.87. The van der Waals surface area contributed by atoms with Crippen LogP contribution in [0.1, 0.15) is 49.9 Å². The first kappa shape index (κ1) is 29.3. The highest BCUT2D eigenvalue weighted by molar-refractivity contribution is 5.28. The Morgan fingerprint density at radius 2 is 0.833 bits per heavy atom. The Morgan fingerprint density at radius 3 is 1.03 bits per heavy atom. The third kappa shape index (κ3) is 12.5. The monoisotopic (exact) mass is 413 g/mol. The quantitative estimate of drug-likeness (QED) is 0.477. The van der Waals surface area contributed by atoms with Gasteiger partial charge in [0.2, 0.25) is 0 Å². The van der Waals surface area contributed by atoms with E-state index in [2.05, 4.69) is 28.8 Å². The van der Waals surface area contributed by atoms with Gasteiger partial charge in [0, 0.05) is 24.8 Å². The number of nitrogens with zero attached hydrogens (tertiary/aromatic N) is 3. The van der Waals surface area contributed by atoms with Crippen molar-refractivity contribution in [1.29, 1.82) is 0 Å². The molecule has 0 saturated carbocycles. The van der Waals surface area contributed by atoms with Crippen molar-refractivity contribution in [2.45, 2.75) is 55.4 Å². The molecular weight excluding hydrogens is 374 g/mol. The van der Waals surface area contributed by atoms with E-state index >= 15 is 0 Å². The second-order valence-corrected chi connectivity index (χ2v) is 5.65. The molecule has 30 heavy (non-hydrogen) atoms. The van der Waals surface area contributed by atoms with Gasteiger partial charge in [-0.1, -0.05) is 27.7 Å². The summed E-state index contributed by atoms with van der Waals surface area (Å²) in [6.07, 6.45) is 10.6. The molecule has 3 aromatic heterocycles. The maximum Gasteiger partial charge on any atom is 0.140 e. The van der Waals surface area contributed by atoms with Crippen LogP contribution in [-0.2, 0) is 0 Å². The van der Waals surface area contributed by atoms with Crippen LogP contribution in [0, 0.1) is 27.7 Å². The van der Waals surface area contributed by atoms with Crippen LogP contribution in [0.5, 0.6) is 11.5 Å². The number of aromatic nitrogens is 3. The van der Waals surface area contributed by atoms with Gasteiger partial charge in [-0.2, -0.15) is 0 Å². The summed E-state index contributed by atoms with van der Waals surface area (Å²) in [4.78, 5) is 11.7. The smallest absolute Gasteiger partial charge is 0.140 e. The lowest BCUT2D eigenvalue weighted by atomic mass is 10.2. The van der Waals surface area contributed by atoms with E-state index in [1.165, 1.54) is 11.1 Å². The zero-order chi connectivity index (χ0) is 23.4. The fraction of sp³-hybridized carbons (Fsp3) is 0.400. The second kappa shape index (κ2) is 19.4. The first-order valence-electron chi connectivity index (χ1n) is 10.3. The highest BCUT2D eigenvalue weighted by Crippen LogP contribution is 2.13. The number of ether oxygens (including phenoxy) is 2. The van der Waals surface area contributed by atoms with Crippen LogP contribution in [0.25, 0.3) is 0 Å². The molecule has 0 radical (unpaired) electrons. The first-order chi connectivity index (χ1) is 14.5. The molecule has 0 spiro atoms. The van der Waals surface area contributed by atoms with Crippen LogP contribution < -0.4 is 9.47 Å². The Balaban J connectivity index is 0. The molecule has 0 amide bonds. The molecule has 0 saturated heterocycles. The Morgan fingerprint density at radius 1 is 0.500 bits per heavy atom. The number of rotatable bonds is 2. The van der Waals surface area contributed by atoms with Gasteiger partial charge in [-0.25, -0.2) is 0 Å². The van der Waals surface area contributed by atoms with Gasteiger partial charge in [0.25, 0.3) is 0 Å². The summed E-state index contributed by atoms with van der Waals surface area (Å²) in [6.45, 7) is 16.1. The number of hydrogen-bond acceptors (Lipinski definition) is 5. The van der Waals surface area contributed by atoms with E-state index in [4.69, 9.17) is 9.47 Å². The predicted octanol–water partition coefficient (Wildman–Crippen LogP) is 6.55. The van der Waals surface area contributed by atoms with Crippen LogP contribution in [0.2, 0.25) is 0 Å². The lowest BCUT2D eigenvalue weighted by Crippen LogP contribution is -1.86. The number of methoxy groups -OCH3 is 2. The molecule has 3 aromatic rings. The minimum absolute atomic E-state index is 0.845. The van der Waals surface area contributed by atoms with E-state index in [0.717, 1.165) is 22.6 Å².